The van der Waals surface area contributed by atoms with E-state index in [1.807, 2.05) is 0 Å². The van der Waals surface area contributed by atoms with Gasteiger partial charge in [-0.15, -0.1) is 0 Å². The molecule has 1 aliphatic carbocycles. The van der Waals surface area contributed by atoms with Gasteiger partial charge in [-0.3, -0.25) is 14.6 Å². The van der Waals surface area contributed by atoms with Crippen molar-refractivity contribution in [2.24, 2.45) is 5.92 Å². The van der Waals surface area contributed by atoms with Crippen LogP contribution in [0.1, 0.15) is 16.8 Å². The molecule has 94 valence electrons. The van der Waals surface area contributed by atoms with E-state index in [0.29, 0.717) is 6.42 Å². The van der Waals surface area contributed by atoms with Gasteiger partial charge in [0.2, 0.25) is 0 Å². The van der Waals surface area contributed by atoms with Crippen LogP contribution in [0.4, 0.5) is 0 Å². The Morgan fingerprint density at radius 1 is 1.39 bits per heavy atom. The number of carbonyl (C=O) groups excluding carboxylic acids is 1. The fraction of sp³-hybridized carbons (Fsp3) is 0.250. The van der Waals surface area contributed by atoms with Crippen LogP contribution in [0, 0.1) is 5.92 Å². The zero-order chi connectivity index (χ0) is 13.1. The number of pyridine rings is 1. The van der Waals surface area contributed by atoms with Gasteiger partial charge in [0, 0.05) is 12.2 Å². The molecule has 1 aliphatic rings. The predicted octanol–water partition coefficient (Wildman–Crippen LogP) is 0.546. The van der Waals surface area contributed by atoms with Crippen molar-refractivity contribution in [3.8, 4) is 5.75 Å². The first-order chi connectivity index (χ1) is 8.58. The van der Waals surface area contributed by atoms with Crippen LogP contribution in [0.3, 0.4) is 0 Å². The van der Waals surface area contributed by atoms with Crippen molar-refractivity contribution in [1.82, 2.24) is 10.3 Å². The second kappa shape index (κ2) is 4.87. The Morgan fingerprint density at radius 2 is 2.17 bits per heavy atom. The SMILES string of the molecule is O=C(NC1C=CC(C(=O)O)C1)c1ccncc1O. The molecule has 1 aromatic rings. The number of aliphatic carboxylic acids is 1. The molecular weight excluding hydrogens is 236 g/mol. The highest BCUT2D eigenvalue weighted by atomic mass is 16.4. The van der Waals surface area contributed by atoms with Gasteiger partial charge in [0.1, 0.15) is 5.75 Å². The molecular formula is C12H12N2O4. The maximum absolute atomic E-state index is 11.8. The number of amides is 1. The maximum Gasteiger partial charge on any atom is 0.310 e. The molecule has 1 aromatic heterocycles. The van der Waals surface area contributed by atoms with Crippen molar-refractivity contribution in [1.29, 1.82) is 0 Å². The van der Waals surface area contributed by atoms with E-state index in [2.05, 4.69) is 10.3 Å². The van der Waals surface area contributed by atoms with Crippen LogP contribution >= 0.6 is 0 Å². The molecule has 0 bridgehead atoms. The first-order valence-electron chi connectivity index (χ1n) is 5.43. The third kappa shape index (κ3) is 2.48. The molecule has 6 nitrogen and oxygen atoms in total. The summed E-state index contributed by atoms with van der Waals surface area (Å²) in [7, 11) is 0. The van der Waals surface area contributed by atoms with Gasteiger partial charge in [-0.25, -0.2) is 0 Å². The predicted molar refractivity (Wildman–Crippen MR) is 62.0 cm³/mol. The molecule has 0 radical (unpaired) electrons. The van der Waals surface area contributed by atoms with Crippen molar-refractivity contribution < 1.29 is 19.8 Å². The molecule has 2 unspecified atom stereocenters. The van der Waals surface area contributed by atoms with Gasteiger partial charge in [-0.2, -0.15) is 0 Å². The van der Waals surface area contributed by atoms with Crippen LogP contribution < -0.4 is 5.32 Å². The Labute approximate surface area is 103 Å². The highest BCUT2D eigenvalue weighted by molar-refractivity contribution is 5.97. The standard InChI is InChI=1S/C12H12N2O4/c15-10-6-13-4-3-9(10)11(16)14-8-2-1-7(5-8)12(17)18/h1-4,6-8,15H,5H2,(H,14,16)(H,17,18). The summed E-state index contributed by atoms with van der Waals surface area (Å²) in [5, 5.41) is 20.9. The van der Waals surface area contributed by atoms with E-state index < -0.39 is 17.8 Å². The number of rotatable bonds is 3. The minimum Gasteiger partial charge on any atom is -0.505 e. The Morgan fingerprint density at radius 3 is 2.78 bits per heavy atom. The lowest BCUT2D eigenvalue weighted by molar-refractivity contribution is -0.140. The van der Waals surface area contributed by atoms with Crippen molar-refractivity contribution in [3.05, 3.63) is 36.2 Å². The molecule has 6 heteroatoms. The molecule has 2 rings (SSSR count). The summed E-state index contributed by atoms with van der Waals surface area (Å²) >= 11 is 0. The van der Waals surface area contributed by atoms with Crippen LogP contribution in [0.2, 0.25) is 0 Å². The Balaban J connectivity index is 2.00. The fourth-order valence-corrected chi connectivity index (χ4v) is 1.81. The lowest BCUT2D eigenvalue weighted by Crippen LogP contribution is -2.33. The molecule has 1 heterocycles. The van der Waals surface area contributed by atoms with Gasteiger partial charge in [-0.1, -0.05) is 12.2 Å². The van der Waals surface area contributed by atoms with Gasteiger partial charge in [0.05, 0.1) is 17.7 Å². The van der Waals surface area contributed by atoms with E-state index in [9.17, 15) is 14.7 Å². The molecule has 1 amide bonds. The molecule has 18 heavy (non-hydrogen) atoms. The number of carboxylic acid groups (broad SMARTS) is 1. The fourth-order valence-electron chi connectivity index (χ4n) is 1.81. The minimum atomic E-state index is -0.908. The lowest BCUT2D eigenvalue weighted by Gasteiger charge is -2.12. The largest absolute Gasteiger partial charge is 0.505 e. The summed E-state index contributed by atoms with van der Waals surface area (Å²) in [5.41, 5.74) is 0.122. The normalized spacial score (nSPS) is 21.8. The van der Waals surface area contributed by atoms with E-state index in [1.54, 1.807) is 12.2 Å². The molecule has 0 aliphatic heterocycles. The van der Waals surface area contributed by atoms with Gasteiger partial charge in [0.25, 0.3) is 5.91 Å². The van der Waals surface area contributed by atoms with Gasteiger partial charge in [0.15, 0.2) is 0 Å². The summed E-state index contributed by atoms with van der Waals surface area (Å²) in [6.45, 7) is 0. The van der Waals surface area contributed by atoms with E-state index >= 15 is 0 Å². The second-order valence-corrected chi connectivity index (χ2v) is 4.04. The van der Waals surface area contributed by atoms with E-state index in [1.165, 1.54) is 18.5 Å². The Bertz CT molecular complexity index is 513. The zero-order valence-electron chi connectivity index (χ0n) is 9.41. The average Bonchev–Trinajstić information content (AvgIpc) is 2.78. The van der Waals surface area contributed by atoms with Gasteiger partial charge in [-0.05, 0) is 12.5 Å². The minimum absolute atomic E-state index is 0.122. The Hall–Kier alpha value is -2.37. The second-order valence-electron chi connectivity index (χ2n) is 4.04. The zero-order valence-corrected chi connectivity index (χ0v) is 9.41. The highest BCUT2D eigenvalue weighted by Crippen LogP contribution is 2.19. The topological polar surface area (TPSA) is 99.5 Å². The third-order valence-electron chi connectivity index (χ3n) is 2.76. The van der Waals surface area contributed by atoms with Crippen molar-refractivity contribution in [3.63, 3.8) is 0 Å². The van der Waals surface area contributed by atoms with E-state index in [4.69, 9.17) is 5.11 Å². The Kier molecular flexibility index (Phi) is 3.27. The number of carboxylic acids is 1. The first kappa shape index (κ1) is 12.1. The molecule has 0 saturated heterocycles. The molecule has 0 fully saturated rings. The number of hydrogen-bond acceptors (Lipinski definition) is 4. The van der Waals surface area contributed by atoms with Gasteiger partial charge < -0.3 is 15.5 Å². The van der Waals surface area contributed by atoms with Crippen LogP contribution in [-0.4, -0.2) is 33.1 Å². The number of aromatic nitrogens is 1. The van der Waals surface area contributed by atoms with E-state index in [-0.39, 0.29) is 17.4 Å². The smallest absolute Gasteiger partial charge is 0.310 e. The van der Waals surface area contributed by atoms with Crippen molar-refractivity contribution in [2.75, 3.05) is 0 Å². The molecule has 2 atom stereocenters. The number of nitrogens with one attached hydrogen (secondary N) is 1. The summed E-state index contributed by atoms with van der Waals surface area (Å²) in [5.74, 6) is -2.13. The molecule has 0 saturated carbocycles. The number of hydrogen-bond donors (Lipinski definition) is 3. The molecule has 0 aromatic carbocycles. The third-order valence-corrected chi connectivity index (χ3v) is 2.76. The lowest BCUT2D eigenvalue weighted by atomic mass is 10.1. The monoisotopic (exact) mass is 248 g/mol. The summed E-state index contributed by atoms with van der Waals surface area (Å²) in [6.07, 6.45) is 6.11. The quantitative estimate of drug-likeness (QED) is 0.678. The number of aromatic hydroxyl groups is 1. The van der Waals surface area contributed by atoms with Crippen LogP contribution in [0.25, 0.3) is 0 Å². The summed E-state index contributed by atoms with van der Waals surface area (Å²) in [4.78, 5) is 26.2. The first-order valence-corrected chi connectivity index (χ1v) is 5.43. The number of nitrogens with zero attached hydrogens (tertiary/aromatic N) is 1. The van der Waals surface area contributed by atoms with Crippen LogP contribution in [0.15, 0.2) is 30.6 Å². The number of carbonyl (C=O) groups is 2. The van der Waals surface area contributed by atoms with Crippen molar-refractivity contribution >= 4 is 11.9 Å². The van der Waals surface area contributed by atoms with Gasteiger partial charge >= 0.3 is 5.97 Å². The summed E-state index contributed by atoms with van der Waals surface area (Å²) < 4.78 is 0. The molecule has 0 spiro atoms. The average molecular weight is 248 g/mol. The van der Waals surface area contributed by atoms with Crippen molar-refractivity contribution in [2.45, 2.75) is 12.5 Å². The van der Waals surface area contributed by atoms with Crippen LogP contribution in [0.5, 0.6) is 5.75 Å². The highest BCUT2D eigenvalue weighted by Gasteiger charge is 2.26. The van der Waals surface area contributed by atoms with E-state index in [0.717, 1.165) is 0 Å². The maximum atomic E-state index is 11.8. The molecule has 3 N–H and O–H groups in total. The summed E-state index contributed by atoms with van der Waals surface area (Å²) in [6, 6.07) is 1.07. The van der Waals surface area contributed by atoms with Crippen LogP contribution in [-0.2, 0) is 4.79 Å².